The van der Waals surface area contributed by atoms with Gasteiger partial charge in [-0.3, -0.25) is 5.41 Å². The molecule has 0 unspecified atom stereocenters. The van der Waals surface area contributed by atoms with Crippen LogP contribution < -0.4 is 10.1 Å². The zero-order chi connectivity index (χ0) is 13.7. The van der Waals surface area contributed by atoms with Gasteiger partial charge in [0.15, 0.2) is 0 Å². The first kappa shape index (κ1) is 13.4. The lowest BCUT2D eigenvalue weighted by Crippen LogP contribution is -2.23. The quantitative estimate of drug-likeness (QED) is 0.666. The van der Waals surface area contributed by atoms with Crippen LogP contribution in [0.25, 0.3) is 0 Å². The highest BCUT2D eigenvalue weighted by Crippen LogP contribution is 2.14. The third kappa shape index (κ3) is 3.45. The highest BCUT2D eigenvalue weighted by Gasteiger charge is 2.08. The Morgan fingerprint density at radius 3 is 2.95 bits per heavy atom. The molecule has 0 aliphatic heterocycles. The fraction of sp³-hybridized carbons (Fsp3) is 0.143. The molecule has 0 spiro atoms. The van der Waals surface area contributed by atoms with Crippen molar-refractivity contribution in [1.29, 1.82) is 5.41 Å². The van der Waals surface area contributed by atoms with E-state index in [1.54, 1.807) is 18.3 Å². The number of benzene rings is 1. The second-order valence-electron chi connectivity index (χ2n) is 3.92. The SMILES string of the molecule is COc1ncccc1C(=N)NCc1cccc(Cl)c1. The first-order valence-electron chi connectivity index (χ1n) is 5.77. The van der Waals surface area contributed by atoms with Gasteiger partial charge >= 0.3 is 0 Å². The first-order valence-corrected chi connectivity index (χ1v) is 6.14. The molecule has 0 aliphatic carbocycles. The molecule has 0 aliphatic rings. The molecule has 0 fully saturated rings. The van der Waals surface area contributed by atoms with Crippen molar-refractivity contribution in [2.45, 2.75) is 6.54 Å². The van der Waals surface area contributed by atoms with E-state index in [9.17, 15) is 0 Å². The summed E-state index contributed by atoms with van der Waals surface area (Å²) in [6.45, 7) is 0.525. The number of pyridine rings is 1. The molecule has 0 amide bonds. The number of nitrogens with one attached hydrogen (secondary N) is 2. The second-order valence-corrected chi connectivity index (χ2v) is 4.36. The van der Waals surface area contributed by atoms with Gasteiger partial charge in [-0.1, -0.05) is 23.7 Å². The summed E-state index contributed by atoms with van der Waals surface area (Å²) in [5, 5.41) is 11.7. The van der Waals surface area contributed by atoms with Crippen LogP contribution >= 0.6 is 11.6 Å². The molecule has 2 N–H and O–H groups in total. The smallest absolute Gasteiger partial charge is 0.224 e. The van der Waals surface area contributed by atoms with Crippen LogP contribution in [0.4, 0.5) is 0 Å². The fourth-order valence-corrected chi connectivity index (χ4v) is 1.89. The topological polar surface area (TPSA) is 58.0 Å². The number of amidine groups is 1. The lowest BCUT2D eigenvalue weighted by atomic mass is 10.2. The van der Waals surface area contributed by atoms with Gasteiger partial charge in [-0.2, -0.15) is 0 Å². The Hall–Kier alpha value is -2.07. The predicted octanol–water partition coefficient (Wildman–Crippen LogP) is 2.86. The zero-order valence-corrected chi connectivity index (χ0v) is 11.2. The number of rotatable bonds is 4. The Bertz CT molecular complexity index is 586. The third-order valence-corrected chi connectivity index (χ3v) is 2.83. The predicted molar refractivity (Wildman–Crippen MR) is 75.9 cm³/mol. The molecule has 1 heterocycles. The van der Waals surface area contributed by atoms with Gasteiger partial charge in [0.05, 0.1) is 12.7 Å². The largest absolute Gasteiger partial charge is 0.480 e. The third-order valence-electron chi connectivity index (χ3n) is 2.59. The molecule has 1 aromatic carbocycles. The Balaban J connectivity index is 2.05. The number of hydrogen-bond donors (Lipinski definition) is 2. The number of methoxy groups -OCH3 is 1. The molecule has 4 nitrogen and oxygen atoms in total. The molecular formula is C14H14ClN3O. The average Bonchev–Trinajstić information content (AvgIpc) is 2.45. The van der Waals surface area contributed by atoms with E-state index in [1.807, 2.05) is 24.3 Å². The Kier molecular flexibility index (Phi) is 4.36. The van der Waals surface area contributed by atoms with Crippen molar-refractivity contribution in [3.8, 4) is 5.88 Å². The minimum absolute atomic E-state index is 0.268. The van der Waals surface area contributed by atoms with E-state index in [2.05, 4.69) is 10.3 Å². The summed E-state index contributed by atoms with van der Waals surface area (Å²) in [5.41, 5.74) is 1.65. The summed E-state index contributed by atoms with van der Waals surface area (Å²) in [6, 6.07) is 11.1. The Labute approximate surface area is 116 Å². The highest BCUT2D eigenvalue weighted by atomic mass is 35.5. The highest BCUT2D eigenvalue weighted by molar-refractivity contribution is 6.30. The van der Waals surface area contributed by atoms with Crippen LogP contribution in [-0.4, -0.2) is 17.9 Å². The lowest BCUT2D eigenvalue weighted by Gasteiger charge is -2.10. The van der Waals surface area contributed by atoms with Crippen molar-refractivity contribution >= 4 is 17.4 Å². The Morgan fingerprint density at radius 1 is 1.37 bits per heavy atom. The first-order chi connectivity index (χ1) is 9.20. The molecule has 1 aromatic heterocycles. The van der Waals surface area contributed by atoms with Crippen molar-refractivity contribution in [3.63, 3.8) is 0 Å². The Morgan fingerprint density at radius 2 is 2.21 bits per heavy atom. The van der Waals surface area contributed by atoms with E-state index in [0.29, 0.717) is 23.0 Å². The van der Waals surface area contributed by atoms with E-state index in [0.717, 1.165) is 5.56 Å². The fourth-order valence-electron chi connectivity index (χ4n) is 1.68. The number of hydrogen-bond acceptors (Lipinski definition) is 3. The van der Waals surface area contributed by atoms with Crippen LogP contribution in [0.1, 0.15) is 11.1 Å². The van der Waals surface area contributed by atoms with E-state index in [1.165, 1.54) is 7.11 Å². The summed E-state index contributed by atoms with van der Waals surface area (Å²) in [6.07, 6.45) is 1.63. The molecule has 2 rings (SSSR count). The van der Waals surface area contributed by atoms with Crippen molar-refractivity contribution in [1.82, 2.24) is 10.3 Å². The normalized spacial score (nSPS) is 10.0. The van der Waals surface area contributed by atoms with E-state index < -0.39 is 0 Å². The summed E-state index contributed by atoms with van der Waals surface area (Å²) in [4.78, 5) is 4.06. The van der Waals surface area contributed by atoms with Crippen LogP contribution in [0, 0.1) is 5.41 Å². The van der Waals surface area contributed by atoms with E-state index >= 15 is 0 Å². The van der Waals surface area contributed by atoms with Crippen LogP contribution in [0.3, 0.4) is 0 Å². The van der Waals surface area contributed by atoms with Crippen LogP contribution in [-0.2, 0) is 6.54 Å². The van der Waals surface area contributed by atoms with Gasteiger partial charge in [-0.25, -0.2) is 4.98 Å². The number of nitrogens with zero attached hydrogens (tertiary/aromatic N) is 1. The van der Waals surface area contributed by atoms with Crippen molar-refractivity contribution in [3.05, 3.63) is 58.7 Å². The van der Waals surface area contributed by atoms with Crippen LogP contribution in [0.2, 0.25) is 5.02 Å². The maximum absolute atomic E-state index is 8.01. The zero-order valence-electron chi connectivity index (χ0n) is 10.5. The molecule has 19 heavy (non-hydrogen) atoms. The minimum Gasteiger partial charge on any atom is -0.480 e. The van der Waals surface area contributed by atoms with Gasteiger partial charge in [0.2, 0.25) is 5.88 Å². The van der Waals surface area contributed by atoms with Crippen molar-refractivity contribution < 1.29 is 4.74 Å². The monoisotopic (exact) mass is 275 g/mol. The summed E-state index contributed by atoms with van der Waals surface area (Å²) in [7, 11) is 1.54. The van der Waals surface area contributed by atoms with Crippen molar-refractivity contribution in [2.24, 2.45) is 0 Å². The standard InChI is InChI=1S/C14H14ClN3O/c1-19-14-12(6-3-7-17-14)13(16)18-9-10-4-2-5-11(15)8-10/h2-8H,9H2,1H3,(H2,16,18). The summed E-state index contributed by atoms with van der Waals surface area (Å²) >= 11 is 5.91. The number of halogens is 1. The van der Waals surface area contributed by atoms with Crippen molar-refractivity contribution in [2.75, 3.05) is 7.11 Å². The van der Waals surface area contributed by atoms with E-state index in [-0.39, 0.29) is 5.84 Å². The molecule has 0 saturated carbocycles. The average molecular weight is 276 g/mol. The van der Waals surface area contributed by atoms with Gasteiger partial charge in [0, 0.05) is 17.8 Å². The molecule has 98 valence electrons. The van der Waals surface area contributed by atoms with Crippen LogP contribution in [0.15, 0.2) is 42.6 Å². The van der Waals surface area contributed by atoms with Gasteiger partial charge in [-0.05, 0) is 29.8 Å². The molecular weight excluding hydrogens is 262 g/mol. The maximum Gasteiger partial charge on any atom is 0.224 e. The molecule has 0 atom stereocenters. The molecule has 0 radical (unpaired) electrons. The van der Waals surface area contributed by atoms with Gasteiger partial charge < -0.3 is 10.1 Å². The molecule has 5 heteroatoms. The lowest BCUT2D eigenvalue weighted by molar-refractivity contribution is 0.396. The molecule has 0 saturated heterocycles. The number of ether oxygens (including phenoxy) is 1. The van der Waals surface area contributed by atoms with Gasteiger partial charge in [0.1, 0.15) is 5.84 Å². The van der Waals surface area contributed by atoms with Gasteiger partial charge in [-0.15, -0.1) is 0 Å². The summed E-state index contributed by atoms with van der Waals surface area (Å²) < 4.78 is 5.12. The van der Waals surface area contributed by atoms with E-state index in [4.69, 9.17) is 21.7 Å². The van der Waals surface area contributed by atoms with Gasteiger partial charge in [0.25, 0.3) is 0 Å². The summed E-state index contributed by atoms with van der Waals surface area (Å²) in [5.74, 6) is 0.705. The second kappa shape index (κ2) is 6.20. The molecule has 0 bridgehead atoms. The molecule has 2 aromatic rings. The minimum atomic E-state index is 0.268. The number of aromatic nitrogens is 1. The van der Waals surface area contributed by atoms with Crippen LogP contribution in [0.5, 0.6) is 5.88 Å². The maximum atomic E-state index is 8.01.